The van der Waals surface area contributed by atoms with Crippen LogP contribution in [-0.2, 0) is 16.0 Å². The number of carbonyl (C=O) groups excluding carboxylic acids is 2. The number of rotatable bonds is 9. The molecule has 7 nitrogen and oxygen atoms in total. The first-order valence-electron chi connectivity index (χ1n) is 10.4. The lowest BCUT2D eigenvalue weighted by atomic mass is 10.0. The van der Waals surface area contributed by atoms with Gasteiger partial charge in [-0.25, -0.2) is 0 Å². The van der Waals surface area contributed by atoms with E-state index in [0.29, 0.717) is 41.4 Å². The minimum Gasteiger partial charge on any atom is -0.493 e. The van der Waals surface area contributed by atoms with Gasteiger partial charge in [0, 0.05) is 31.5 Å². The molecular formula is C24H29N3O4. The lowest BCUT2D eigenvalue weighted by Gasteiger charge is -2.25. The van der Waals surface area contributed by atoms with Gasteiger partial charge in [0.1, 0.15) is 5.70 Å². The van der Waals surface area contributed by atoms with Gasteiger partial charge in [0.05, 0.1) is 19.8 Å². The van der Waals surface area contributed by atoms with E-state index >= 15 is 0 Å². The predicted octanol–water partition coefficient (Wildman–Crippen LogP) is 3.15. The van der Waals surface area contributed by atoms with Gasteiger partial charge in [0.25, 0.3) is 11.8 Å². The van der Waals surface area contributed by atoms with E-state index < -0.39 is 0 Å². The van der Waals surface area contributed by atoms with E-state index in [1.165, 1.54) is 4.90 Å². The van der Waals surface area contributed by atoms with E-state index in [9.17, 15) is 9.59 Å². The molecule has 2 heterocycles. The van der Waals surface area contributed by atoms with Crippen molar-refractivity contribution in [2.75, 3.05) is 27.3 Å². The smallest absolute Gasteiger partial charge is 0.278 e. The van der Waals surface area contributed by atoms with Crippen LogP contribution >= 0.6 is 0 Å². The maximum absolute atomic E-state index is 13.4. The zero-order valence-electron chi connectivity index (χ0n) is 18.7. The van der Waals surface area contributed by atoms with Gasteiger partial charge in [-0.05, 0) is 62.6 Å². The Hall–Kier alpha value is -3.35. The Morgan fingerprint density at radius 3 is 2.26 bits per heavy atom. The Kier molecular flexibility index (Phi) is 6.95. The van der Waals surface area contributed by atoms with Gasteiger partial charge in [-0.3, -0.25) is 19.5 Å². The zero-order valence-corrected chi connectivity index (χ0v) is 18.7. The number of hydrogen-bond acceptors (Lipinski definition) is 6. The van der Waals surface area contributed by atoms with E-state index in [1.54, 1.807) is 44.8 Å². The van der Waals surface area contributed by atoms with Crippen LogP contribution in [0.4, 0.5) is 0 Å². The Bertz CT molecular complexity index is 986. The molecule has 31 heavy (non-hydrogen) atoms. The van der Waals surface area contributed by atoms with Gasteiger partial charge in [-0.1, -0.05) is 6.07 Å². The molecule has 0 unspecified atom stereocenters. The number of carbonyl (C=O) groups is 2. The Morgan fingerprint density at radius 1 is 1.00 bits per heavy atom. The zero-order chi connectivity index (χ0) is 22.5. The lowest BCUT2D eigenvalue weighted by molar-refractivity contribution is -0.139. The number of likely N-dealkylation sites (N-methyl/N-ethyl adjacent to an activating group) is 1. The molecule has 2 aromatic rings. The number of nitrogens with zero attached hydrogens (tertiary/aromatic N) is 3. The molecule has 1 aromatic carbocycles. The van der Waals surface area contributed by atoms with Crippen LogP contribution in [0.3, 0.4) is 0 Å². The largest absolute Gasteiger partial charge is 0.493 e. The van der Waals surface area contributed by atoms with Gasteiger partial charge >= 0.3 is 0 Å². The van der Waals surface area contributed by atoms with Crippen molar-refractivity contribution in [3.8, 4) is 11.5 Å². The highest BCUT2D eigenvalue weighted by Crippen LogP contribution is 2.37. The number of imide groups is 1. The summed E-state index contributed by atoms with van der Waals surface area (Å²) >= 11 is 0. The van der Waals surface area contributed by atoms with Crippen molar-refractivity contribution in [3.05, 3.63) is 59.5 Å². The van der Waals surface area contributed by atoms with Crippen LogP contribution < -0.4 is 9.47 Å². The third-order valence-corrected chi connectivity index (χ3v) is 5.40. The van der Waals surface area contributed by atoms with E-state index in [-0.39, 0.29) is 17.9 Å². The summed E-state index contributed by atoms with van der Waals surface area (Å²) in [5, 5.41) is 0. The molecule has 1 aliphatic rings. The summed E-state index contributed by atoms with van der Waals surface area (Å²) in [7, 11) is 3.11. The summed E-state index contributed by atoms with van der Waals surface area (Å²) in [6.07, 6.45) is 4.25. The molecular weight excluding hydrogens is 394 g/mol. The second-order valence-electron chi connectivity index (χ2n) is 7.55. The first kappa shape index (κ1) is 22.3. The topological polar surface area (TPSA) is 72.0 Å². The van der Waals surface area contributed by atoms with Crippen LogP contribution in [0.15, 0.2) is 48.4 Å². The van der Waals surface area contributed by atoms with Crippen molar-refractivity contribution in [1.29, 1.82) is 0 Å². The van der Waals surface area contributed by atoms with E-state index in [2.05, 4.69) is 4.98 Å². The molecule has 3 rings (SSSR count). The molecule has 0 N–H and O–H groups in total. The number of benzene rings is 1. The minimum absolute atomic E-state index is 0.244. The van der Waals surface area contributed by atoms with Gasteiger partial charge in [0.2, 0.25) is 0 Å². The van der Waals surface area contributed by atoms with Gasteiger partial charge in [-0.15, -0.1) is 0 Å². The van der Waals surface area contributed by atoms with E-state index in [4.69, 9.17) is 9.47 Å². The monoisotopic (exact) mass is 423 g/mol. The highest BCUT2D eigenvalue weighted by atomic mass is 16.5. The average molecular weight is 424 g/mol. The van der Waals surface area contributed by atoms with Crippen molar-refractivity contribution in [2.45, 2.75) is 33.2 Å². The lowest BCUT2D eigenvalue weighted by Crippen LogP contribution is -2.40. The molecule has 0 atom stereocenters. The molecule has 0 spiro atoms. The van der Waals surface area contributed by atoms with Gasteiger partial charge < -0.3 is 14.4 Å². The fourth-order valence-corrected chi connectivity index (χ4v) is 3.79. The number of pyridine rings is 1. The number of aromatic nitrogens is 1. The Balaban J connectivity index is 2.06. The Labute approximate surface area is 183 Å². The first-order valence-corrected chi connectivity index (χ1v) is 10.4. The van der Waals surface area contributed by atoms with Crippen molar-refractivity contribution in [1.82, 2.24) is 14.8 Å². The van der Waals surface area contributed by atoms with Crippen LogP contribution in [0.1, 0.15) is 31.9 Å². The van der Waals surface area contributed by atoms with Crippen molar-refractivity contribution < 1.29 is 19.1 Å². The maximum Gasteiger partial charge on any atom is 0.278 e. The number of amides is 2. The van der Waals surface area contributed by atoms with Crippen LogP contribution in [0.2, 0.25) is 0 Å². The van der Waals surface area contributed by atoms with Crippen LogP contribution in [0.25, 0.3) is 5.57 Å². The highest BCUT2D eigenvalue weighted by molar-refractivity contribution is 6.35. The standard InChI is InChI=1S/C24H29N3O4/c1-6-26(14-11-17-9-12-25-13-10-17)22-21(23(28)27(16(2)3)24(22)29)18-7-8-19(30-4)20(15-18)31-5/h7-10,12-13,15-16H,6,11,14H2,1-5H3. The minimum atomic E-state index is -0.287. The average Bonchev–Trinajstić information content (AvgIpc) is 3.04. The summed E-state index contributed by atoms with van der Waals surface area (Å²) in [6, 6.07) is 8.97. The Morgan fingerprint density at radius 2 is 1.68 bits per heavy atom. The van der Waals surface area contributed by atoms with Crippen LogP contribution in [0.5, 0.6) is 11.5 Å². The van der Waals surface area contributed by atoms with Crippen LogP contribution in [0, 0.1) is 0 Å². The fourth-order valence-electron chi connectivity index (χ4n) is 3.79. The normalized spacial score (nSPS) is 13.9. The highest BCUT2D eigenvalue weighted by Gasteiger charge is 2.42. The molecule has 1 aromatic heterocycles. The number of hydrogen-bond donors (Lipinski definition) is 0. The molecule has 0 fully saturated rings. The molecule has 164 valence electrons. The van der Waals surface area contributed by atoms with Gasteiger partial charge in [-0.2, -0.15) is 0 Å². The quantitative estimate of drug-likeness (QED) is 0.577. The molecule has 0 radical (unpaired) electrons. The number of ether oxygens (including phenoxy) is 2. The molecule has 0 aliphatic carbocycles. The maximum atomic E-state index is 13.4. The van der Waals surface area contributed by atoms with Crippen LogP contribution in [-0.4, -0.2) is 59.9 Å². The fraction of sp³-hybridized carbons (Fsp3) is 0.375. The molecule has 0 saturated carbocycles. The molecule has 0 saturated heterocycles. The summed E-state index contributed by atoms with van der Waals surface area (Å²) < 4.78 is 10.7. The predicted molar refractivity (Wildman–Crippen MR) is 119 cm³/mol. The second kappa shape index (κ2) is 9.64. The molecule has 0 bridgehead atoms. The summed E-state index contributed by atoms with van der Waals surface area (Å²) in [5.41, 5.74) is 2.59. The summed E-state index contributed by atoms with van der Waals surface area (Å²) in [6.45, 7) is 6.89. The second-order valence-corrected chi connectivity index (χ2v) is 7.55. The number of methoxy groups -OCH3 is 2. The first-order chi connectivity index (χ1) is 14.9. The third-order valence-electron chi connectivity index (χ3n) is 5.40. The van der Waals surface area contributed by atoms with E-state index in [0.717, 1.165) is 12.0 Å². The molecule has 7 heteroatoms. The van der Waals surface area contributed by atoms with Crippen molar-refractivity contribution >= 4 is 17.4 Å². The summed E-state index contributed by atoms with van der Waals surface area (Å²) in [5.74, 6) is 0.525. The van der Waals surface area contributed by atoms with Crippen molar-refractivity contribution in [2.24, 2.45) is 0 Å². The third kappa shape index (κ3) is 4.40. The SMILES string of the molecule is CCN(CCc1ccncc1)C1=C(c2ccc(OC)c(OC)c2)C(=O)N(C(C)C)C1=O. The molecule has 2 amide bonds. The summed E-state index contributed by atoms with van der Waals surface area (Å²) in [4.78, 5) is 34.1. The van der Waals surface area contributed by atoms with Crippen molar-refractivity contribution in [3.63, 3.8) is 0 Å². The molecule has 1 aliphatic heterocycles. The van der Waals surface area contributed by atoms with Gasteiger partial charge in [0.15, 0.2) is 11.5 Å². The van der Waals surface area contributed by atoms with E-state index in [1.807, 2.05) is 37.8 Å².